The molecule has 1 aromatic heterocycles. The van der Waals surface area contributed by atoms with Crippen LogP contribution in [0.15, 0.2) is 34.9 Å². The van der Waals surface area contributed by atoms with Crippen LogP contribution in [0.1, 0.15) is 26.5 Å². The minimum Gasteiger partial charge on any atom is -0.443 e. The number of fused-ring (bicyclic) bond motifs is 1. The zero-order valence-corrected chi connectivity index (χ0v) is 15.7. The van der Waals surface area contributed by atoms with Gasteiger partial charge < -0.3 is 4.74 Å². The number of hydrogen-bond acceptors (Lipinski definition) is 5. The summed E-state index contributed by atoms with van der Waals surface area (Å²) in [6.45, 7) is 5.56. The molecule has 0 unspecified atom stereocenters. The number of ether oxygens (including phenoxy) is 1. The van der Waals surface area contributed by atoms with Crippen molar-refractivity contribution in [2.75, 3.05) is 6.26 Å². The molecular weight excluding hydrogens is 380 g/mol. The number of benzene rings is 1. The van der Waals surface area contributed by atoms with Gasteiger partial charge in [-0.05, 0) is 42.8 Å². The van der Waals surface area contributed by atoms with Crippen molar-refractivity contribution in [1.29, 1.82) is 0 Å². The molecule has 7 heteroatoms. The number of nitrogens with zero attached hydrogens (tertiary/aromatic N) is 2. The van der Waals surface area contributed by atoms with E-state index in [0.29, 0.717) is 0 Å². The van der Waals surface area contributed by atoms with Crippen LogP contribution < -0.4 is 0 Å². The minimum atomic E-state index is -0.570. The van der Waals surface area contributed by atoms with Gasteiger partial charge in [0.1, 0.15) is 11.3 Å². The number of halogens is 1. The van der Waals surface area contributed by atoms with Crippen LogP contribution in [-0.2, 0) is 9.02 Å². The highest BCUT2D eigenvalue weighted by Gasteiger charge is 2.34. The maximum absolute atomic E-state index is 12.7. The molecule has 1 aliphatic heterocycles. The molecule has 0 aliphatic carbocycles. The maximum Gasteiger partial charge on any atom is 0.419 e. The fourth-order valence-corrected chi connectivity index (χ4v) is 3.31. The van der Waals surface area contributed by atoms with E-state index >= 15 is 0 Å². The van der Waals surface area contributed by atoms with Crippen molar-refractivity contribution in [2.24, 2.45) is 0 Å². The number of hydrogen-bond donors (Lipinski definition) is 0. The van der Waals surface area contributed by atoms with Crippen LogP contribution in [0, 0.1) is 0 Å². The average Bonchev–Trinajstić information content (AvgIpc) is 3.14. The van der Waals surface area contributed by atoms with Gasteiger partial charge in [-0.1, -0.05) is 18.2 Å². The van der Waals surface area contributed by atoms with Crippen molar-refractivity contribution >= 4 is 50.7 Å². The number of para-hydroxylation sites is 1. The molecular formula is C16H17BrN2O3S. The Labute approximate surface area is 147 Å². The quantitative estimate of drug-likeness (QED) is 0.682. The topological polar surface area (TPSA) is 43.5 Å². The molecule has 3 rings (SSSR count). The highest BCUT2D eigenvalue weighted by Crippen LogP contribution is 2.43. The first-order valence-electron chi connectivity index (χ1n) is 7.08. The van der Waals surface area contributed by atoms with Gasteiger partial charge in [-0.3, -0.25) is 0 Å². The Morgan fingerprint density at radius 3 is 2.61 bits per heavy atom. The largest absolute Gasteiger partial charge is 0.443 e. The van der Waals surface area contributed by atoms with Gasteiger partial charge in [-0.15, -0.1) is 0 Å². The summed E-state index contributed by atoms with van der Waals surface area (Å²) in [5.74, 6) is 0. The molecule has 2 heterocycles. The summed E-state index contributed by atoms with van der Waals surface area (Å²) in [6.07, 6.45) is 3.25. The predicted molar refractivity (Wildman–Crippen MR) is 95.7 cm³/mol. The second kappa shape index (κ2) is 5.89. The Morgan fingerprint density at radius 1 is 1.26 bits per heavy atom. The number of aromatic nitrogens is 1. The zero-order chi connectivity index (χ0) is 16.8. The summed E-state index contributed by atoms with van der Waals surface area (Å²) in [7, 11) is 0. The molecule has 0 amide bonds. The van der Waals surface area contributed by atoms with Crippen molar-refractivity contribution in [3.05, 3.63) is 40.6 Å². The van der Waals surface area contributed by atoms with E-state index in [1.54, 1.807) is 9.63 Å². The molecule has 122 valence electrons. The summed E-state index contributed by atoms with van der Waals surface area (Å²) in [6, 6.07) is 7.70. The predicted octanol–water partition coefficient (Wildman–Crippen LogP) is 5.01. The number of carbonyl (C=O) groups is 1. The normalized spacial score (nSPS) is 14.1. The van der Waals surface area contributed by atoms with Gasteiger partial charge in [0, 0.05) is 23.7 Å². The summed E-state index contributed by atoms with van der Waals surface area (Å²) >= 11 is 4.85. The van der Waals surface area contributed by atoms with Crippen molar-refractivity contribution in [1.82, 2.24) is 9.63 Å². The van der Waals surface area contributed by atoms with Crippen LogP contribution in [0.25, 0.3) is 16.6 Å². The van der Waals surface area contributed by atoms with E-state index in [2.05, 4.69) is 15.9 Å². The van der Waals surface area contributed by atoms with Gasteiger partial charge in [-0.2, -0.15) is 4.28 Å². The Bertz CT molecular complexity index is 807. The van der Waals surface area contributed by atoms with Crippen molar-refractivity contribution in [3.63, 3.8) is 0 Å². The fraction of sp³-hybridized carbons (Fsp3) is 0.312. The molecule has 23 heavy (non-hydrogen) atoms. The van der Waals surface area contributed by atoms with Crippen molar-refractivity contribution < 1.29 is 13.8 Å². The van der Waals surface area contributed by atoms with E-state index in [0.717, 1.165) is 26.8 Å². The van der Waals surface area contributed by atoms with E-state index in [-0.39, 0.29) is 0 Å². The minimum absolute atomic E-state index is 0.411. The van der Waals surface area contributed by atoms with Gasteiger partial charge >= 0.3 is 6.09 Å². The fourth-order valence-electron chi connectivity index (χ4n) is 2.31. The van der Waals surface area contributed by atoms with Crippen LogP contribution in [0.5, 0.6) is 0 Å². The smallest absolute Gasteiger partial charge is 0.419 e. The molecule has 0 atom stereocenters. The standard InChI is InChI=1S/C16H17BrN2O3S/c1-16(2,3)21-15(20)19-11-8-6-5-7-10(11)13(17)14(19)12-9-18(12)22-23-4/h5-9H,1-4H3. The van der Waals surface area contributed by atoms with Crippen molar-refractivity contribution in [3.8, 4) is 0 Å². The third-order valence-electron chi connectivity index (χ3n) is 3.20. The third kappa shape index (κ3) is 3.13. The second-order valence-electron chi connectivity index (χ2n) is 6.08. The maximum atomic E-state index is 12.7. The summed E-state index contributed by atoms with van der Waals surface area (Å²) in [5, 5.41) is 2.58. The lowest BCUT2D eigenvalue weighted by atomic mass is 10.2. The second-order valence-corrected chi connectivity index (χ2v) is 7.35. The Balaban J connectivity index is 2.11. The van der Waals surface area contributed by atoms with E-state index in [1.165, 1.54) is 12.0 Å². The zero-order valence-electron chi connectivity index (χ0n) is 13.3. The van der Waals surface area contributed by atoms with E-state index in [9.17, 15) is 4.79 Å². The summed E-state index contributed by atoms with van der Waals surface area (Å²) < 4.78 is 13.4. The third-order valence-corrected chi connectivity index (χ3v) is 4.31. The monoisotopic (exact) mass is 396 g/mol. The Hall–Kier alpha value is -1.44. The van der Waals surface area contributed by atoms with Gasteiger partial charge in [0.2, 0.25) is 0 Å². The van der Waals surface area contributed by atoms with Crippen LogP contribution in [0.4, 0.5) is 4.79 Å². The van der Waals surface area contributed by atoms with E-state index < -0.39 is 11.7 Å². The van der Waals surface area contributed by atoms with Gasteiger partial charge in [-0.25, -0.2) is 14.4 Å². The van der Waals surface area contributed by atoms with Gasteiger partial charge in [0.05, 0.1) is 21.9 Å². The number of rotatable bonds is 3. The molecule has 0 bridgehead atoms. The van der Waals surface area contributed by atoms with Crippen LogP contribution >= 0.6 is 28.0 Å². The molecule has 1 aromatic carbocycles. The first kappa shape index (κ1) is 16.4. The molecule has 0 saturated carbocycles. The highest BCUT2D eigenvalue weighted by atomic mass is 79.9. The van der Waals surface area contributed by atoms with Gasteiger partial charge in [0.15, 0.2) is 0 Å². The van der Waals surface area contributed by atoms with Gasteiger partial charge in [0.25, 0.3) is 0 Å². The average molecular weight is 397 g/mol. The first-order chi connectivity index (χ1) is 10.8. The van der Waals surface area contributed by atoms with E-state index in [4.69, 9.17) is 9.02 Å². The van der Waals surface area contributed by atoms with Crippen LogP contribution in [-0.4, -0.2) is 27.6 Å². The molecule has 0 radical (unpaired) electrons. The molecule has 5 nitrogen and oxygen atoms in total. The van der Waals surface area contributed by atoms with E-state index in [1.807, 2.05) is 57.5 Å². The highest BCUT2D eigenvalue weighted by molar-refractivity contribution is 9.10. The molecule has 1 aliphatic rings. The molecule has 0 spiro atoms. The summed E-state index contributed by atoms with van der Waals surface area (Å²) in [4.78, 5) is 12.7. The molecule has 0 N–H and O–H groups in total. The lowest BCUT2D eigenvalue weighted by molar-refractivity contribution is 0.0541. The first-order valence-corrected chi connectivity index (χ1v) is 9.02. The number of carbonyl (C=O) groups excluding carboxylic acids is 1. The Morgan fingerprint density at radius 2 is 1.96 bits per heavy atom. The SMILES string of the molecule is CSON1C=C1c1c(Br)c2ccccc2n1C(=O)OC(C)(C)C. The van der Waals surface area contributed by atoms with Crippen LogP contribution in [0.2, 0.25) is 0 Å². The molecule has 0 fully saturated rings. The Kier molecular flexibility index (Phi) is 4.20. The molecule has 0 saturated heterocycles. The lowest BCUT2D eigenvalue weighted by Crippen LogP contribution is -2.27. The van der Waals surface area contributed by atoms with Crippen LogP contribution in [0.3, 0.4) is 0 Å². The number of hydroxylamine groups is 2. The summed E-state index contributed by atoms with van der Waals surface area (Å²) in [5.41, 5.74) is 1.78. The van der Waals surface area contributed by atoms with Crippen molar-refractivity contribution in [2.45, 2.75) is 26.4 Å². The molecule has 2 aromatic rings. The lowest BCUT2D eigenvalue weighted by Gasteiger charge is -2.20.